The number of phenolic OH excluding ortho intramolecular Hbond substituents is 1. The van der Waals surface area contributed by atoms with Crippen molar-refractivity contribution in [2.75, 3.05) is 5.32 Å². The number of nitrogens with zero attached hydrogens (tertiary/aromatic N) is 2. The summed E-state index contributed by atoms with van der Waals surface area (Å²) in [5, 5.41) is 16.5. The lowest BCUT2D eigenvalue weighted by atomic mass is 9.84. The zero-order valence-corrected chi connectivity index (χ0v) is 16.8. The van der Waals surface area contributed by atoms with Gasteiger partial charge < -0.3 is 25.0 Å². The number of imidazole rings is 1. The highest BCUT2D eigenvalue weighted by atomic mass is 16.3. The second-order valence-corrected chi connectivity index (χ2v) is 8.21. The van der Waals surface area contributed by atoms with Crippen LogP contribution in [-0.4, -0.2) is 40.2 Å². The third-order valence-corrected chi connectivity index (χ3v) is 5.98. The number of phenols is 1. The molecule has 4 rings (SSSR count). The van der Waals surface area contributed by atoms with Crippen LogP contribution in [0.2, 0.25) is 0 Å². The number of rotatable bonds is 9. The van der Waals surface area contributed by atoms with Crippen molar-refractivity contribution in [1.29, 1.82) is 0 Å². The maximum absolute atomic E-state index is 13.1. The summed E-state index contributed by atoms with van der Waals surface area (Å²) in [5.74, 6) is 1.26. The van der Waals surface area contributed by atoms with Crippen LogP contribution in [0, 0.1) is 24.7 Å². The summed E-state index contributed by atoms with van der Waals surface area (Å²) in [5.41, 5.74) is 2.85. The summed E-state index contributed by atoms with van der Waals surface area (Å²) in [4.78, 5) is 28.2. The molecule has 0 spiro atoms. The van der Waals surface area contributed by atoms with E-state index in [0.29, 0.717) is 29.3 Å². The average molecular weight is 393 g/mol. The Labute approximate surface area is 171 Å². The van der Waals surface area contributed by atoms with E-state index in [4.69, 9.17) is 0 Å². The molecule has 0 saturated heterocycles. The van der Waals surface area contributed by atoms with Gasteiger partial charge in [-0.1, -0.05) is 0 Å². The summed E-state index contributed by atoms with van der Waals surface area (Å²) in [7, 11) is 3.19. The Morgan fingerprint density at radius 1 is 1.31 bits per heavy atom. The normalized spacial score (nSPS) is 17.2. The minimum Gasteiger partial charge on any atom is -0.507 e. The molecular weight excluding hydrogens is 367 g/mol. The van der Waals surface area contributed by atoms with Gasteiger partial charge in [0, 0.05) is 24.4 Å². The van der Waals surface area contributed by atoms with E-state index in [2.05, 4.69) is 15.5 Å². The van der Waals surface area contributed by atoms with Crippen LogP contribution in [0.3, 0.4) is 0 Å². The molecule has 29 heavy (non-hydrogen) atoms. The molecular formula is C21H26BN4O3. The first-order valence-electron chi connectivity index (χ1n) is 10.1. The van der Waals surface area contributed by atoms with E-state index in [1.807, 2.05) is 18.5 Å². The molecule has 1 aromatic heterocycles. The van der Waals surface area contributed by atoms with Crippen molar-refractivity contribution in [3.8, 4) is 17.0 Å². The van der Waals surface area contributed by atoms with E-state index in [1.54, 1.807) is 24.5 Å². The SMILES string of the molecule is Cc1ncn(C)c1-c1ccc(NC(=O)[C@@H](N[B]C=O)C(C2CC2)C2CC2)cc1O. The third-order valence-electron chi connectivity index (χ3n) is 5.98. The first-order valence-corrected chi connectivity index (χ1v) is 10.1. The van der Waals surface area contributed by atoms with Gasteiger partial charge in [-0.3, -0.25) is 4.79 Å². The Morgan fingerprint density at radius 2 is 2.00 bits per heavy atom. The molecule has 2 aliphatic carbocycles. The van der Waals surface area contributed by atoms with Crippen LogP contribution in [-0.2, 0) is 16.6 Å². The van der Waals surface area contributed by atoms with Crippen molar-refractivity contribution in [1.82, 2.24) is 14.8 Å². The summed E-state index contributed by atoms with van der Waals surface area (Å²) in [6.07, 6.45) is 6.96. The first kappa shape index (κ1) is 19.7. The van der Waals surface area contributed by atoms with Crippen molar-refractivity contribution in [2.45, 2.75) is 38.6 Å². The summed E-state index contributed by atoms with van der Waals surface area (Å²) in [6.45, 7) is 1.89. The van der Waals surface area contributed by atoms with Gasteiger partial charge in [0.15, 0.2) is 0 Å². The van der Waals surface area contributed by atoms with E-state index in [1.165, 1.54) is 7.41 Å². The molecule has 0 aliphatic heterocycles. The van der Waals surface area contributed by atoms with E-state index in [-0.39, 0.29) is 17.6 Å². The van der Waals surface area contributed by atoms with Crippen molar-refractivity contribution in [3.05, 3.63) is 30.2 Å². The number of anilines is 1. The summed E-state index contributed by atoms with van der Waals surface area (Å²) in [6, 6.07) is 4.68. The Morgan fingerprint density at radius 3 is 2.52 bits per heavy atom. The molecule has 1 atom stereocenters. The Balaban J connectivity index is 1.53. The number of amides is 1. The highest BCUT2D eigenvalue weighted by Crippen LogP contribution is 2.50. The molecule has 2 saturated carbocycles. The van der Waals surface area contributed by atoms with Gasteiger partial charge in [0.25, 0.3) is 7.41 Å². The van der Waals surface area contributed by atoms with Crippen LogP contribution >= 0.6 is 0 Å². The van der Waals surface area contributed by atoms with Crippen LogP contribution in [0.1, 0.15) is 31.4 Å². The maximum atomic E-state index is 13.1. The fraction of sp³-hybridized carbons (Fsp3) is 0.476. The van der Waals surface area contributed by atoms with Gasteiger partial charge in [0.2, 0.25) is 5.91 Å². The molecule has 7 nitrogen and oxygen atoms in total. The quantitative estimate of drug-likeness (QED) is 0.449. The first-order chi connectivity index (χ1) is 14.0. The van der Waals surface area contributed by atoms with Crippen molar-refractivity contribution >= 4 is 25.2 Å². The standard InChI is InChI=1S/C21H26BN4O3/c1-12-20(26(2)11-23-12)16-8-7-15(9-17(16)28)24-21(29)19(25-22-10-27)18(13-3-4-13)14-5-6-14/h7-11,13-14,18-19,25,28H,3-6H2,1-2H3,(H,24,29)/t19-/m0/s1. The fourth-order valence-corrected chi connectivity index (χ4v) is 4.36. The highest BCUT2D eigenvalue weighted by Gasteiger charge is 2.47. The van der Waals surface area contributed by atoms with Gasteiger partial charge in [-0.15, -0.1) is 0 Å². The third kappa shape index (κ3) is 4.22. The number of aromatic nitrogens is 2. The van der Waals surface area contributed by atoms with Crippen molar-refractivity contribution in [2.24, 2.45) is 24.8 Å². The lowest BCUT2D eigenvalue weighted by Crippen LogP contribution is -2.49. The predicted octanol–water partition coefficient (Wildman–Crippen LogP) is 2.24. The molecule has 1 amide bonds. The summed E-state index contributed by atoms with van der Waals surface area (Å²) >= 11 is 0. The van der Waals surface area contributed by atoms with Crippen LogP contribution in [0.5, 0.6) is 5.75 Å². The Bertz CT molecular complexity index is 889. The second-order valence-electron chi connectivity index (χ2n) is 8.21. The lowest BCUT2D eigenvalue weighted by molar-refractivity contribution is -0.119. The van der Waals surface area contributed by atoms with Gasteiger partial charge in [0.1, 0.15) is 5.75 Å². The number of carbonyl (C=O) groups excluding carboxylic acids is 2. The molecule has 0 unspecified atom stereocenters. The fourth-order valence-electron chi connectivity index (χ4n) is 4.36. The molecule has 1 aromatic carbocycles. The van der Waals surface area contributed by atoms with E-state index in [0.717, 1.165) is 37.1 Å². The van der Waals surface area contributed by atoms with Gasteiger partial charge in [-0.05, 0) is 62.5 Å². The Kier molecular flexibility index (Phi) is 5.45. The zero-order valence-electron chi connectivity index (χ0n) is 16.8. The number of carbonyl (C=O) groups is 2. The van der Waals surface area contributed by atoms with Crippen molar-refractivity contribution < 1.29 is 14.7 Å². The monoisotopic (exact) mass is 393 g/mol. The van der Waals surface area contributed by atoms with Crippen molar-refractivity contribution in [3.63, 3.8) is 0 Å². The molecule has 2 fully saturated rings. The molecule has 3 N–H and O–H groups in total. The number of aryl methyl sites for hydroxylation is 2. The number of hydrogen-bond acceptors (Lipinski definition) is 5. The summed E-state index contributed by atoms with van der Waals surface area (Å²) < 4.78 is 1.85. The molecule has 151 valence electrons. The van der Waals surface area contributed by atoms with Gasteiger partial charge >= 0.3 is 0 Å². The average Bonchev–Trinajstić information content (AvgIpc) is 3.60. The van der Waals surface area contributed by atoms with Gasteiger partial charge in [-0.25, -0.2) is 4.98 Å². The zero-order chi connectivity index (χ0) is 20.5. The van der Waals surface area contributed by atoms with Crippen LogP contribution in [0.25, 0.3) is 11.3 Å². The smallest absolute Gasteiger partial charge is 0.291 e. The Hall–Kier alpha value is -2.61. The second kappa shape index (κ2) is 8.03. The minimum atomic E-state index is -0.443. The van der Waals surface area contributed by atoms with Crippen LogP contribution in [0.15, 0.2) is 24.5 Å². The van der Waals surface area contributed by atoms with Gasteiger partial charge in [-0.2, -0.15) is 0 Å². The molecule has 2 aliphatic rings. The number of nitrogens with one attached hydrogen (secondary N) is 2. The molecule has 2 aromatic rings. The van der Waals surface area contributed by atoms with E-state index in [9.17, 15) is 14.7 Å². The lowest BCUT2D eigenvalue weighted by Gasteiger charge is -2.27. The molecule has 1 radical (unpaired) electrons. The minimum absolute atomic E-state index is 0.0828. The maximum Gasteiger partial charge on any atom is 0.291 e. The van der Waals surface area contributed by atoms with E-state index < -0.39 is 6.04 Å². The molecule has 1 heterocycles. The number of aromatic hydroxyl groups is 1. The van der Waals surface area contributed by atoms with Gasteiger partial charge in [0.05, 0.1) is 29.9 Å². The number of hydrogen-bond donors (Lipinski definition) is 3. The predicted molar refractivity (Wildman–Crippen MR) is 112 cm³/mol. The van der Waals surface area contributed by atoms with E-state index >= 15 is 0 Å². The van der Waals surface area contributed by atoms with Crippen LogP contribution < -0.4 is 10.5 Å². The highest BCUT2D eigenvalue weighted by molar-refractivity contribution is 6.64. The topological polar surface area (TPSA) is 96.3 Å². The molecule has 0 bridgehead atoms. The van der Waals surface area contributed by atoms with Crippen LogP contribution in [0.4, 0.5) is 5.69 Å². The largest absolute Gasteiger partial charge is 0.507 e. The molecule has 8 heteroatoms. The number of benzene rings is 1.